The van der Waals surface area contributed by atoms with Crippen molar-refractivity contribution in [1.29, 1.82) is 0 Å². The SMILES string of the molecule is CCOC1CCCN(c2nc(NC)nc3ccccc23)C1. The van der Waals surface area contributed by atoms with Gasteiger partial charge in [-0.25, -0.2) is 4.98 Å². The number of piperidine rings is 1. The zero-order valence-electron chi connectivity index (χ0n) is 12.7. The van der Waals surface area contributed by atoms with E-state index in [0.717, 1.165) is 49.3 Å². The summed E-state index contributed by atoms with van der Waals surface area (Å²) < 4.78 is 5.80. The molecule has 2 aromatic rings. The van der Waals surface area contributed by atoms with E-state index in [1.54, 1.807) is 0 Å². The van der Waals surface area contributed by atoms with E-state index in [-0.39, 0.29) is 0 Å². The Morgan fingerprint density at radius 2 is 2.19 bits per heavy atom. The average Bonchev–Trinajstić information content (AvgIpc) is 2.54. The summed E-state index contributed by atoms with van der Waals surface area (Å²) in [4.78, 5) is 11.5. The van der Waals surface area contributed by atoms with Crippen LogP contribution in [0.3, 0.4) is 0 Å². The van der Waals surface area contributed by atoms with Gasteiger partial charge in [0.2, 0.25) is 5.95 Å². The fourth-order valence-corrected chi connectivity index (χ4v) is 2.92. The summed E-state index contributed by atoms with van der Waals surface area (Å²) in [6.07, 6.45) is 2.57. The van der Waals surface area contributed by atoms with Crippen LogP contribution in [0.25, 0.3) is 10.9 Å². The maximum Gasteiger partial charge on any atom is 0.224 e. The largest absolute Gasteiger partial charge is 0.377 e. The van der Waals surface area contributed by atoms with E-state index in [1.807, 2.05) is 25.2 Å². The summed E-state index contributed by atoms with van der Waals surface area (Å²) in [5.74, 6) is 1.68. The van der Waals surface area contributed by atoms with E-state index in [9.17, 15) is 0 Å². The first-order valence-corrected chi connectivity index (χ1v) is 7.63. The number of ether oxygens (including phenoxy) is 1. The van der Waals surface area contributed by atoms with Crippen LogP contribution in [-0.4, -0.2) is 42.8 Å². The summed E-state index contributed by atoms with van der Waals surface area (Å²) in [7, 11) is 1.85. The second-order valence-electron chi connectivity index (χ2n) is 5.30. The quantitative estimate of drug-likeness (QED) is 0.936. The molecule has 1 saturated heterocycles. The smallest absolute Gasteiger partial charge is 0.224 e. The van der Waals surface area contributed by atoms with Crippen LogP contribution in [-0.2, 0) is 4.74 Å². The molecule has 112 valence electrons. The average molecular weight is 286 g/mol. The number of hydrogen-bond donors (Lipinski definition) is 1. The fraction of sp³-hybridized carbons (Fsp3) is 0.500. The highest BCUT2D eigenvalue weighted by atomic mass is 16.5. The highest BCUT2D eigenvalue weighted by Gasteiger charge is 2.23. The predicted molar refractivity (Wildman–Crippen MR) is 85.9 cm³/mol. The third kappa shape index (κ3) is 2.93. The Bertz CT molecular complexity index is 614. The number of benzene rings is 1. The Labute approximate surface area is 125 Å². The van der Waals surface area contributed by atoms with Gasteiger partial charge >= 0.3 is 0 Å². The molecule has 0 bridgehead atoms. The highest BCUT2D eigenvalue weighted by Crippen LogP contribution is 2.28. The van der Waals surface area contributed by atoms with Crippen molar-refractivity contribution in [2.45, 2.75) is 25.9 Å². The van der Waals surface area contributed by atoms with Crippen LogP contribution >= 0.6 is 0 Å². The number of hydrogen-bond acceptors (Lipinski definition) is 5. The van der Waals surface area contributed by atoms with E-state index >= 15 is 0 Å². The summed E-state index contributed by atoms with van der Waals surface area (Å²) in [6, 6.07) is 8.18. The second-order valence-corrected chi connectivity index (χ2v) is 5.30. The molecule has 0 spiro atoms. The Kier molecular flexibility index (Phi) is 4.20. The van der Waals surface area contributed by atoms with E-state index in [4.69, 9.17) is 4.74 Å². The van der Waals surface area contributed by atoms with E-state index < -0.39 is 0 Å². The Hall–Kier alpha value is -1.88. The molecule has 1 aliphatic rings. The fourth-order valence-electron chi connectivity index (χ4n) is 2.92. The molecule has 1 unspecified atom stereocenters. The van der Waals surface area contributed by atoms with Gasteiger partial charge in [-0.3, -0.25) is 0 Å². The van der Waals surface area contributed by atoms with Crippen molar-refractivity contribution in [1.82, 2.24) is 9.97 Å². The van der Waals surface area contributed by atoms with Crippen molar-refractivity contribution in [3.8, 4) is 0 Å². The number of nitrogens with zero attached hydrogens (tertiary/aromatic N) is 3. The molecule has 1 fully saturated rings. The molecule has 21 heavy (non-hydrogen) atoms. The maximum atomic E-state index is 5.80. The van der Waals surface area contributed by atoms with Crippen LogP contribution in [0.4, 0.5) is 11.8 Å². The molecule has 0 saturated carbocycles. The topological polar surface area (TPSA) is 50.3 Å². The number of para-hydroxylation sites is 1. The number of aromatic nitrogens is 2. The first-order chi connectivity index (χ1) is 10.3. The van der Waals surface area contributed by atoms with Gasteiger partial charge in [0.15, 0.2) is 0 Å². The summed E-state index contributed by atoms with van der Waals surface area (Å²) in [5, 5.41) is 4.16. The second kappa shape index (κ2) is 6.26. The first-order valence-electron chi connectivity index (χ1n) is 7.63. The van der Waals surface area contributed by atoms with Crippen molar-refractivity contribution in [2.75, 3.05) is 37.0 Å². The van der Waals surface area contributed by atoms with Crippen LogP contribution in [0, 0.1) is 0 Å². The standard InChI is InChI=1S/C16H22N4O/c1-3-21-12-7-6-10-20(11-12)15-13-8-4-5-9-14(13)18-16(17-2)19-15/h4-5,8-9,12H,3,6-7,10-11H2,1-2H3,(H,17,18,19). The normalized spacial score (nSPS) is 19.0. The third-order valence-electron chi connectivity index (χ3n) is 3.89. The maximum absolute atomic E-state index is 5.80. The van der Waals surface area contributed by atoms with Crippen molar-refractivity contribution in [3.63, 3.8) is 0 Å². The minimum atomic E-state index is 0.301. The number of fused-ring (bicyclic) bond motifs is 1. The molecule has 0 aliphatic carbocycles. The lowest BCUT2D eigenvalue weighted by molar-refractivity contribution is 0.0526. The Morgan fingerprint density at radius 3 is 3.00 bits per heavy atom. The van der Waals surface area contributed by atoms with Crippen molar-refractivity contribution >= 4 is 22.7 Å². The number of anilines is 2. The van der Waals surface area contributed by atoms with E-state index in [2.05, 4.69) is 33.2 Å². The predicted octanol–water partition coefficient (Wildman–Crippen LogP) is 2.68. The van der Waals surface area contributed by atoms with Gasteiger partial charge in [-0.05, 0) is 31.9 Å². The van der Waals surface area contributed by atoms with Gasteiger partial charge in [-0.2, -0.15) is 4.98 Å². The third-order valence-corrected chi connectivity index (χ3v) is 3.89. The van der Waals surface area contributed by atoms with Crippen molar-refractivity contribution in [3.05, 3.63) is 24.3 Å². The minimum Gasteiger partial charge on any atom is -0.377 e. The van der Waals surface area contributed by atoms with Crippen LogP contribution in [0.2, 0.25) is 0 Å². The molecule has 0 amide bonds. The molecule has 1 aromatic carbocycles. The minimum absolute atomic E-state index is 0.301. The number of nitrogens with one attached hydrogen (secondary N) is 1. The molecule has 2 heterocycles. The van der Waals surface area contributed by atoms with Crippen LogP contribution in [0.5, 0.6) is 0 Å². The molecular formula is C16H22N4O. The van der Waals surface area contributed by atoms with Gasteiger partial charge < -0.3 is 15.0 Å². The molecule has 3 rings (SSSR count). The molecule has 5 nitrogen and oxygen atoms in total. The van der Waals surface area contributed by atoms with Crippen molar-refractivity contribution < 1.29 is 4.74 Å². The lowest BCUT2D eigenvalue weighted by Crippen LogP contribution is -2.40. The Balaban J connectivity index is 1.98. The highest BCUT2D eigenvalue weighted by molar-refractivity contribution is 5.90. The van der Waals surface area contributed by atoms with E-state index in [1.165, 1.54) is 0 Å². The molecule has 1 atom stereocenters. The van der Waals surface area contributed by atoms with E-state index in [0.29, 0.717) is 12.1 Å². The van der Waals surface area contributed by atoms with Crippen LogP contribution in [0.1, 0.15) is 19.8 Å². The number of rotatable bonds is 4. The van der Waals surface area contributed by atoms with Gasteiger partial charge in [-0.15, -0.1) is 0 Å². The monoisotopic (exact) mass is 286 g/mol. The van der Waals surface area contributed by atoms with Gasteiger partial charge in [0, 0.05) is 32.1 Å². The molecule has 0 radical (unpaired) electrons. The molecule has 1 N–H and O–H groups in total. The lowest BCUT2D eigenvalue weighted by atomic mass is 10.1. The first kappa shape index (κ1) is 14.1. The molecule has 1 aromatic heterocycles. The molecular weight excluding hydrogens is 264 g/mol. The van der Waals surface area contributed by atoms with Gasteiger partial charge in [0.25, 0.3) is 0 Å². The van der Waals surface area contributed by atoms with Crippen LogP contribution in [0.15, 0.2) is 24.3 Å². The van der Waals surface area contributed by atoms with Gasteiger partial charge in [0.1, 0.15) is 5.82 Å². The lowest BCUT2D eigenvalue weighted by Gasteiger charge is -2.34. The van der Waals surface area contributed by atoms with Gasteiger partial charge in [-0.1, -0.05) is 12.1 Å². The Morgan fingerprint density at radius 1 is 1.33 bits per heavy atom. The zero-order valence-corrected chi connectivity index (χ0v) is 12.7. The summed E-state index contributed by atoms with van der Waals surface area (Å²) in [5.41, 5.74) is 0.977. The molecule has 1 aliphatic heterocycles. The molecule has 5 heteroatoms. The summed E-state index contributed by atoms with van der Waals surface area (Å²) in [6.45, 7) is 4.74. The van der Waals surface area contributed by atoms with Gasteiger partial charge in [0.05, 0.1) is 11.6 Å². The van der Waals surface area contributed by atoms with Crippen LogP contribution < -0.4 is 10.2 Å². The van der Waals surface area contributed by atoms with Crippen molar-refractivity contribution in [2.24, 2.45) is 0 Å². The zero-order chi connectivity index (χ0) is 14.7. The summed E-state index contributed by atoms with van der Waals surface area (Å²) >= 11 is 0.